The molecule has 3 nitrogen and oxygen atoms in total. The van der Waals surface area contributed by atoms with Gasteiger partial charge in [-0.1, -0.05) is 6.07 Å². The van der Waals surface area contributed by atoms with Crippen LogP contribution in [0.25, 0.3) is 0 Å². The highest BCUT2D eigenvalue weighted by molar-refractivity contribution is 9.10. The number of aliphatic hydroxyl groups excluding tert-OH is 1. The monoisotopic (exact) mass is 273 g/mol. The molecule has 0 radical (unpaired) electrons. The molecule has 4 heteroatoms. The fourth-order valence-corrected chi connectivity index (χ4v) is 2.22. The van der Waals surface area contributed by atoms with E-state index in [-0.39, 0.29) is 6.54 Å². The number of ether oxygens (including phenoxy) is 1. The van der Waals surface area contributed by atoms with Crippen LogP contribution in [-0.2, 0) is 0 Å². The minimum absolute atomic E-state index is 0.178. The summed E-state index contributed by atoms with van der Waals surface area (Å²) in [5.74, 6) is 0.699. The van der Waals surface area contributed by atoms with E-state index in [4.69, 9.17) is 10.5 Å². The molecule has 3 N–H and O–H groups in total. The highest BCUT2D eigenvalue weighted by atomic mass is 79.9. The Morgan fingerprint density at radius 1 is 1.47 bits per heavy atom. The average molecular weight is 274 g/mol. The maximum absolute atomic E-state index is 9.84. The van der Waals surface area contributed by atoms with Crippen molar-refractivity contribution in [2.45, 2.75) is 20.0 Å². The molecule has 1 aromatic rings. The standard InChI is InChI=1S/C11H16BrNO2/c1-6-4-7(2)11(15-3)9(10(6)12)8(14)5-13/h4,8,14H,5,13H2,1-3H3. The number of benzene rings is 1. The van der Waals surface area contributed by atoms with Crippen LogP contribution in [0.2, 0.25) is 0 Å². The highest BCUT2D eigenvalue weighted by Crippen LogP contribution is 2.37. The lowest BCUT2D eigenvalue weighted by atomic mass is 10.0. The zero-order chi connectivity index (χ0) is 11.6. The largest absolute Gasteiger partial charge is 0.496 e. The van der Waals surface area contributed by atoms with Crippen molar-refractivity contribution >= 4 is 15.9 Å². The van der Waals surface area contributed by atoms with E-state index >= 15 is 0 Å². The molecule has 1 unspecified atom stereocenters. The lowest BCUT2D eigenvalue weighted by Crippen LogP contribution is -2.14. The second-order valence-electron chi connectivity index (χ2n) is 3.52. The van der Waals surface area contributed by atoms with E-state index in [9.17, 15) is 5.11 Å². The Balaban J connectivity index is 3.43. The Bertz CT molecular complexity index is 366. The summed E-state index contributed by atoms with van der Waals surface area (Å²) in [4.78, 5) is 0. The molecule has 0 spiro atoms. The first-order valence-electron chi connectivity index (χ1n) is 4.74. The second-order valence-corrected chi connectivity index (χ2v) is 4.32. The van der Waals surface area contributed by atoms with Crippen LogP contribution in [0.3, 0.4) is 0 Å². The highest BCUT2D eigenvalue weighted by Gasteiger charge is 2.19. The molecule has 84 valence electrons. The lowest BCUT2D eigenvalue weighted by Gasteiger charge is -2.18. The summed E-state index contributed by atoms with van der Waals surface area (Å²) in [6, 6.07) is 2.01. The molecule has 0 saturated heterocycles. The summed E-state index contributed by atoms with van der Waals surface area (Å²) < 4.78 is 6.15. The topological polar surface area (TPSA) is 55.5 Å². The van der Waals surface area contributed by atoms with Gasteiger partial charge in [-0.3, -0.25) is 0 Å². The SMILES string of the molecule is COc1c(C)cc(C)c(Br)c1C(O)CN. The molecule has 0 bridgehead atoms. The van der Waals surface area contributed by atoms with E-state index in [1.165, 1.54) is 0 Å². The smallest absolute Gasteiger partial charge is 0.128 e. The minimum atomic E-state index is -0.701. The lowest BCUT2D eigenvalue weighted by molar-refractivity contribution is 0.181. The van der Waals surface area contributed by atoms with Gasteiger partial charge in [0.05, 0.1) is 13.2 Å². The zero-order valence-corrected chi connectivity index (χ0v) is 10.8. The molecule has 0 fully saturated rings. The van der Waals surface area contributed by atoms with Crippen molar-refractivity contribution in [3.8, 4) is 5.75 Å². The van der Waals surface area contributed by atoms with Gasteiger partial charge < -0.3 is 15.6 Å². The molecule has 0 saturated carbocycles. The van der Waals surface area contributed by atoms with E-state index in [0.717, 1.165) is 21.2 Å². The third-order valence-electron chi connectivity index (χ3n) is 2.38. The fourth-order valence-electron chi connectivity index (χ4n) is 1.66. The molecular weight excluding hydrogens is 258 g/mol. The van der Waals surface area contributed by atoms with E-state index in [1.807, 2.05) is 19.9 Å². The van der Waals surface area contributed by atoms with Gasteiger partial charge in [-0.25, -0.2) is 0 Å². The number of rotatable bonds is 3. The Hall–Kier alpha value is -0.580. The second kappa shape index (κ2) is 4.96. The number of hydrogen-bond acceptors (Lipinski definition) is 3. The van der Waals surface area contributed by atoms with Gasteiger partial charge in [0.25, 0.3) is 0 Å². The third kappa shape index (κ3) is 2.33. The molecule has 1 atom stereocenters. The Morgan fingerprint density at radius 3 is 2.53 bits per heavy atom. The van der Waals surface area contributed by atoms with Gasteiger partial charge in [0.2, 0.25) is 0 Å². The van der Waals surface area contributed by atoms with Crippen molar-refractivity contribution in [3.05, 3.63) is 27.2 Å². The van der Waals surface area contributed by atoms with E-state index < -0.39 is 6.10 Å². The first kappa shape index (κ1) is 12.5. The first-order valence-corrected chi connectivity index (χ1v) is 5.54. The number of hydrogen-bond donors (Lipinski definition) is 2. The summed E-state index contributed by atoms with van der Waals surface area (Å²) in [5, 5.41) is 9.84. The van der Waals surface area contributed by atoms with Crippen LogP contribution in [0.1, 0.15) is 22.8 Å². The Morgan fingerprint density at radius 2 is 2.07 bits per heavy atom. The van der Waals surface area contributed by atoms with Gasteiger partial charge in [0, 0.05) is 16.6 Å². The van der Waals surface area contributed by atoms with Crippen molar-refractivity contribution in [2.24, 2.45) is 5.73 Å². The van der Waals surface area contributed by atoms with Gasteiger partial charge in [-0.15, -0.1) is 0 Å². The number of halogens is 1. The number of aryl methyl sites for hydroxylation is 2. The normalized spacial score (nSPS) is 12.7. The molecule has 0 aliphatic heterocycles. The predicted molar refractivity (Wildman–Crippen MR) is 64.2 cm³/mol. The van der Waals surface area contributed by atoms with Crippen LogP contribution in [0.4, 0.5) is 0 Å². The summed E-state index contributed by atoms with van der Waals surface area (Å²) in [5.41, 5.74) is 8.27. The summed E-state index contributed by atoms with van der Waals surface area (Å²) >= 11 is 3.45. The van der Waals surface area contributed by atoms with Crippen molar-refractivity contribution in [1.29, 1.82) is 0 Å². The molecule has 1 aromatic carbocycles. The maximum Gasteiger partial charge on any atom is 0.128 e. The van der Waals surface area contributed by atoms with Gasteiger partial charge in [0.15, 0.2) is 0 Å². The quantitative estimate of drug-likeness (QED) is 0.887. The molecule has 1 rings (SSSR count). The third-order valence-corrected chi connectivity index (χ3v) is 3.43. The van der Waals surface area contributed by atoms with Gasteiger partial charge in [-0.05, 0) is 40.9 Å². The van der Waals surface area contributed by atoms with Gasteiger partial charge >= 0.3 is 0 Å². The van der Waals surface area contributed by atoms with Crippen LogP contribution in [0.5, 0.6) is 5.75 Å². The molecule has 0 aliphatic rings. The van der Waals surface area contributed by atoms with Crippen LogP contribution < -0.4 is 10.5 Å². The number of aliphatic hydroxyl groups is 1. The van der Waals surface area contributed by atoms with E-state index in [1.54, 1.807) is 7.11 Å². The fraction of sp³-hybridized carbons (Fsp3) is 0.455. The van der Waals surface area contributed by atoms with E-state index in [2.05, 4.69) is 15.9 Å². The molecule has 0 aromatic heterocycles. The van der Waals surface area contributed by atoms with Gasteiger partial charge in [0.1, 0.15) is 5.75 Å². The average Bonchev–Trinajstić information content (AvgIpc) is 2.21. The number of methoxy groups -OCH3 is 1. The first-order chi connectivity index (χ1) is 7.02. The van der Waals surface area contributed by atoms with Crippen molar-refractivity contribution < 1.29 is 9.84 Å². The molecular formula is C11H16BrNO2. The molecule has 0 heterocycles. The van der Waals surface area contributed by atoms with Crippen molar-refractivity contribution in [1.82, 2.24) is 0 Å². The van der Waals surface area contributed by atoms with E-state index in [0.29, 0.717) is 5.75 Å². The Kier molecular flexibility index (Phi) is 4.13. The summed E-state index contributed by atoms with van der Waals surface area (Å²) in [7, 11) is 1.59. The van der Waals surface area contributed by atoms with Crippen LogP contribution in [0, 0.1) is 13.8 Å². The molecule has 15 heavy (non-hydrogen) atoms. The molecule has 0 amide bonds. The Labute approximate surface area is 98.4 Å². The van der Waals surface area contributed by atoms with Crippen molar-refractivity contribution in [2.75, 3.05) is 13.7 Å². The van der Waals surface area contributed by atoms with Crippen LogP contribution in [0.15, 0.2) is 10.5 Å². The number of nitrogens with two attached hydrogens (primary N) is 1. The zero-order valence-electron chi connectivity index (χ0n) is 9.17. The van der Waals surface area contributed by atoms with Crippen LogP contribution in [-0.4, -0.2) is 18.8 Å². The summed E-state index contributed by atoms with van der Waals surface area (Å²) in [6.45, 7) is 4.10. The summed E-state index contributed by atoms with van der Waals surface area (Å²) in [6.07, 6.45) is -0.701. The predicted octanol–water partition coefficient (Wildman–Crippen LogP) is 2.07. The molecule has 0 aliphatic carbocycles. The van der Waals surface area contributed by atoms with Crippen LogP contribution >= 0.6 is 15.9 Å². The maximum atomic E-state index is 9.84. The van der Waals surface area contributed by atoms with Gasteiger partial charge in [-0.2, -0.15) is 0 Å². The minimum Gasteiger partial charge on any atom is -0.496 e. The van der Waals surface area contributed by atoms with Crippen molar-refractivity contribution in [3.63, 3.8) is 0 Å².